The molecule has 2 saturated heterocycles. The van der Waals surface area contributed by atoms with Gasteiger partial charge in [0.15, 0.2) is 11.5 Å². The van der Waals surface area contributed by atoms with Crippen molar-refractivity contribution in [3.63, 3.8) is 0 Å². The van der Waals surface area contributed by atoms with Gasteiger partial charge in [0.1, 0.15) is 5.58 Å². The number of aryl methyl sites for hydroxylation is 1. The molecule has 2 aliphatic rings. The van der Waals surface area contributed by atoms with Crippen molar-refractivity contribution in [2.24, 2.45) is 0 Å². The van der Waals surface area contributed by atoms with E-state index in [9.17, 15) is 9.18 Å². The Labute approximate surface area is 178 Å². The molecule has 7 heteroatoms. The van der Waals surface area contributed by atoms with Gasteiger partial charge in [-0.3, -0.25) is 4.90 Å². The van der Waals surface area contributed by atoms with Crippen LogP contribution in [0.25, 0.3) is 27.9 Å². The number of fused-ring (bicyclic) bond motifs is 3. The van der Waals surface area contributed by atoms with Gasteiger partial charge in [0.2, 0.25) is 0 Å². The zero-order valence-electron chi connectivity index (χ0n) is 17.3. The van der Waals surface area contributed by atoms with Crippen LogP contribution in [0.15, 0.2) is 51.9 Å². The number of rotatable bonds is 2. The van der Waals surface area contributed by atoms with Gasteiger partial charge in [0, 0.05) is 55.2 Å². The fourth-order valence-corrected chi connectivity index (χ4v) is 5.02. The molecule has 0 aliphatic carbocycles. The first-order valence-electron chi connectivity index (χ1n) is 10.8. The molecule has 5 heterocycles. The summed E-state index contributed by atoms with van der Waals surface area (Å²) in [5.41, 5.74) is 2.89. The van der Waals surface area contributed by atoms with Crippen molar-refractivity contribution in [1.82, 2.24) is 14.3 Å². The van der Waals surface area contributed by atoms with Gasteiger partial charge >= 0.3 is 5.63 Å². The molecule has 0 amide bonds. The number of nitrogens with zero attached hydrogens (tertiary/aromatic N) is 4. The summed E-state index contributed by atoms with van der Waals surface area (Å²) in [5, 5.41) is 0.826. The van der Waals surface area contributed by atoms with Gasteiger partial charge in [0.05, 0.1) is 11.3 Å². The zero-order chi connectivity index (χ0) is 21.1. The maximum Gasteiger partial charge on any atom is 0.345 e. The van der Waals surface area contributed by atoms with Gasteiger partial charge in [0.25, 0.3) is 0 Å². The lowest BCUT2D eigenvalue weighted by molar-refractivity contribution is 0.231. The molecule has 158 valence electrons. The van der Waals surface area contributed by atoms with Gasteiger partial charge in [-0.25, -0.2) is 14.2 Å². The molecule has 0 N–H and O–H groups in total. The van der Waals surface area contributed by atoms with Crippen LogP contribution in [0.5, 0.6) is 0 Å². The van der Waals surface area contributed by atoms with Crippen molar-refractivity contribution in [2.45, 2.75) is 25.8 Å². The van der Waals surface area contributed by atoms with Crippen molar-refractivity contribution in [1.29, 1.82) is 0 Å². The van der Waals surface area contributed by atoms with Gasteiger partial charge in [-0.2, -0.15) is 0 Å². The van der Waals surface area contributed by atoms with Crippen LogP contribution in [0, 0.1) is 12.7 Å². The Morgan fingerprint density at radius 1 is 1.13 bits per heavy atom. The summed E-state index contributed by atoms with van der Waals surface area (Å²) < 4.78 is 21.5. The molecule has 31 heavy (non-hydrogen) atoms. The van der Waals surface area contributed by atoms with Gasteiger partial charge in [-0.1, -0.05) is 0 Å². The molecular weight excluding hydrogens is 395 g/mol. The predicted octanol–water partition coefficient (Wildman–Crippen LogP) is 3.84. The number of imidazole rings is 1. The van der Waals surface area contributed by atoms with E-state index >= 15 is 0 Å². The third-order valence-corrected chi connectivity index (χ3v) is 6.59. The lowest BCUT2D eigenvalue weighted by atomic mass is 10.1. The molecule has 6 rings (SSSR count). The van der Waals surface area contributed by atoms with Crippen LogP contribution >= 0.6 is 0 Å². The molecule has 0 radical (unpaired) electrons. The molecule has 2 aliphatic heterocycles. The van der Waals surface area contributed by atoms with Crippen LogP contribution in [0.3, 0.4) is 0 Å². The maximum absolute atomic E-state index is 14.2. The smallest absolute Gasteiger partial charge is 0.345 e. The number of benzene rings is 1. The first-order valence-corrected chi connectivity index (χ1v) is 10.8. The average molecular weight is 418 g/mol. The van der Waals surface area contributed by atoms with E-state index in [-0.39, 0.29) is 5.65 Å². The second kappa shape index (κ2) is 6.92. The Bertz CT molecular complexity index is 1380. The molecule has 4 aromatic rings. The molecule has 3 aromatic heterocycles. The molecule has 1 atom stereocenters. The number of hydrogen-bond donors (Lipinski definition) is 0. The SMILES string of the molecule is Cc1cc(F)c2nc(-c3cc4ccc(N5CCN6CCCC6C5)cc4oc3=O)cn2c1. The fraction of sp³-hybridized carbons (Fsp3) is 0.333. The van der Waals surface area contributed by atoms with Gasteiger partial charge < -0.3 is 13.7 Å². The van der Waals surface area contributed by atoms with Crippen LogP contribution in [0.4, 0.5) is 10.1 Å². The second-order valence-electron chi connectivity index (χ2n) is 8.67. The molecule has 0 spiro atoms. The van der Waals surface area contributed by atoms with Crippen LogP contribution < -0.4 is 10.5 Å². The molecular formula is C24H23FN4O2. The van der Waals surface area contributed by atoms with E-state index in [0.29, 0.717) is 22.9 Å². The lowest BCUT2D eigenvalue weighted by Crippen LogP contribution is -2.50. The van der Waals surface area contributed by atoms with Crippen LogP contribution in [0.2, 0.25) is 0 Å². The Balaban J connectivity index is 1.37. The maximum atomic E-state index is 14.2. The van der Waals surface area contributed by atoms with Crippen molar-refractivity contribution in [2.75, 3.05) is 31.1 Å². The molecule has 0 saturated carbocycles. The highest BCUT2D eigenvalue weighted by Gasteiger charge is 2.30. The normalized spacial score (nSPS) is 19.4. The summed E-state index contributed by atoms with van der Waals surface area (Å²) in [6.07, 6.45) is 5.98. The fourth-order valence-electron chi connectivity index (χ4n) is 5.02. The number of pyridine rings is 1. The van der Waals surface area contributed by atoms with Gasteiger partial charge in [-0.15, -0.1) is 0 Å². The highest BCUT2D eigenvalue weighted by Crippen LogP contribution is 2.29. The van der Waals surface area contributed by atoms with E-state index in [2.05, 4.69) is 20.9 Å². The number of piperazine rings is 1. The van der Waals surface area contributed by atoms with E-state index in [1.165, 1.54) is 25.5 Å². The molecule has 1 aromatic carbocycles. The quantitative estimate of drug-likeness (QED) is 0.463. The van der Waals surface area contributed by atoms with Crippen molar-refractivity contribution in [3.8, 4) is 11.3 Å². The Hall–Kier alpha value is -3.19. The van der Waals surface area contributed by atoms with Crippen LogP contribution in [0.1, 0.15) is 18.4 Å². The summed E-state index contributed by atoms with van der Waals surface area (Å²) in [6, 6.07) is 9.87. The molecule has 1 unspecified atom stereocenters. The van der Waals surface area contributed by atoms with E-state index < -0.39 is 11.4 Å². The predicted molar refractivity (Wildman–Crippen MR) is 118 cm³/mol. The van der Waals surface area contributed by atoms with Crippen LogP contribution in [-0.4, -0.2) is 46.5 Å². The Kier molecular flexibility index (Phi) is 4.14. The number of anilines is 1. The first kappa shape index (κ1) is 18.6. The number of aromatic nitrogens is 2. The molecule has 0 bridgehead atoms. The third-order valence-electron chi connectivity index (χ3n) is 6.59. The Morgan fingerprint density at radius 3 is 2.94 bits per heavy atom. The lowest BCUT2D eigenvalue weighted by Gasteiger charge is -2.38. The first-order chi connectivity index (χ1) is 15.0. The van der Waals surface area contributed by atoms with E-state index in [4.69, 9.17) is 4.42 Å². The van der Waals surface area contributed by atoms with Gasteiger partial charge in [-0.05, 0) is 56.1 Å². The van der Waals surface area contributed by atoms with E-state index in [1.807, 2.05) is 19.1 Å². The largest absolute Gasteiger partial charge is 0.422 e. The summed E-state index contributed by atoms with van der Waals surface area (Å²) in [5.74, 6) is -0.413. The summed E-state index contributed by atoms with van der Waals surface area (Å²) >= 11 is 0. The molecule has 2 fully saturated rings. The van der Waals surface area contributed by atoms with E-state index in [0.717, 1.165) is 36.3 Å². The monoisotopic (exact) mass is 418 g/mol. The standard InChI is InChI=1S/C24H23FN4O2/c1-15-9-20(25)23-26-21(14-29(23)12-15)19-10-16-4-5-17(11-22(16)31-24(19)30)28-8-7-27-6-2-3-18(27)13-28/h4-5,9-12,14,18H,2-3,6-8,13H2,1H3. The number of hydrogen-bond acceptors (Lipinski definition) is 5. The van der Waals surface area contributed by atoms with Crippen molar-refractivity contribution in [3.05, 3.63) is 64.5 Å². The summed E-state index contributed by atoms with van der Waals surface area (Å²) in [7, 11) is 0. The molecule has 6 nitrogen and oxygen atoms in total. The number of halogens is 1. The van der Waals surface area contributed by atoms with Crippen LogP contribution in [-0.2, 0) is 0 Å². The minimum absolute atomic E-state index is 0.196. The average Bonchev–Trinajstić information content (AvgIpc) is 3.39. The second-order valence-corrected chi connectivity index (χ2v) is 8.67. The summed E-state index contributed by atoms with van der Waals surface area (Å²) in [6.45, 7) is 6.10. The van der Waals surface area contributed by atoms with Crippen molar-refractivity contribution >= 4 is 22.3 Å². The van der Waals surface area contributed by atoms with E-state index in [1.54, 1.807) is 22.9 Å². The summed E-state index contributed by atoms with van der Waals surface area (Å²) in [4.78, 5) is 22.1. The highest BCUT2D eigenvalue weighted by atomic mass is 19.1. The zero-order valence-corrected chi connectivity index (χ0v) is 17.3. The minimum Gasteiger partial charge on any atom is -0.422 e. The van der Waals surface area contributed by atoms with Crippen molar-refractivity contribution < 1.29 is 8.81 Å². The third kappa shape index (κ3) is 3.11. The Morgan fingerprint density at radius 2 is 2.03 bits per heavy atom. The minimum atomic E-state index is -0.467. The highest BCUT2D eigenvalue weighted by molar-refractivity contribution is 5.84. The topological polar surface area (TPSA) is 54.0 Å².